The van der Waals surface area contributed by atoms with Gasteiger partial charge in [-0.15, -0.1) is 0 Å². The first-order valence-electron chi connectivity index (χ1n) is 8.05. The molecule has 0 saturated carbocycles. The number of carbonyl (C=O) groups excluding carboxylic acids is 2. The van der Waals surface area contributed by atoms with E-state index in [1.807, 2.05) is 45.0 Å². The predicted octanol–water partition coefficient (Wildman–Crippen LogP) is 3.44. The fourth-order valence-corrected chi connectivity index (χ4v) is 3.87. The number of amidine groups is 1. The number of aliphatic imine (C=N–C) groups is 2. The van der Waals surface area contributed by atoms with Crippen LogP contribution in [-0.4, -0.2) is 28.7 Å². The Morgan fingerprint density at radius 3 is 2.44 bits per heavy atom. The van der Waals surface area contributed by atoms with E-state index in [1.54, 1.807) is 11.8 Å². The second-order valence-electron chi connectivity index (χ2n) is 6.16. The van der Waals surface area contributed by atoms with Crippen LogP contribution in [0.1, 0.15) is 27.7 Å². The minimum atomic E-state index is -0.294. The number of hydrogen-bond donors (Lipinski definition) is 2. The van der Waals surface area contributed by atoms with Gasteiger partial charge in [-0.1, -0.05) is 11.8 Å². The number of rotatable bonds is 4. The molecule has 3 rings (SSSR count). The Morgan fingerprint density at radius 2 is 1.80 bits per heavy atom. The molecular formula is C18H20N4O2S. The van der Waals surface area contributed by atoms with Crippen molar-refractivity contribution in [3.8, 4) is 0 Å². The Labute approximate surface area is 150 Å². The summed E-state index contributed by atoms with van der Waals surface area (Å²) in [5, 5.41) is 6.83. The summed E-state index contributed by atoms with van der Waals surface area (Å²) in [6.45, 7) is 7.36. The number of carbonyl (C=O) groups is 2. The molecule has 1 aromatic carbocycles. The van der Waals surface area contributed by atoms with Gasteiger partial charge in [0.05, 0.1) is 11.1 Å². The van der Waals surface area contributed by atoms with Crippen molar-refractivity contribution >= 4 is 45.8 Å². The summed E-state index contributed by atoms with van der Waals surface area (Å²) in [5.41, 5.74) is 2.65. The topological polar surface area (TPSA) is 82.9 Å². The highest BCUT2D eigenvalue weighted by Crippen LogP contribution is 2.40. The fraction of sp³-hybridized carbons (Fsp3) is 0.333. The van der Waals surface area contributed by atoms with Crippen LogP contribution in [0.5, 0.6) is 0 Å². The van der Waals surface area contributed by atoms with Crippen LogP contribution in [0.15, 0.2) is 44.7 Å². The van der Waals surface area contributed by atoms with Crippen LogP contribution in [-0.2, 0) is 9.59 Å². The van der Waals surface area contributed by atoms with Gasteiger partial charge >= 0.3 is 0 Å². The van der Waals surface area contributed by atoms with E-state index < -0.39 is 0 Å². The Kier molecular flexibility index (Phi) is 4.76. The summed E-state index contributed by atoms with van der Waals surface area (Å²) in [7, 11) is 0. The summed E-state index contributed by atoms with van der Waals surface area (Å²) in [6, 6.07) is 7.16. The van der Waals surface area contributed by atoms with Crippen LogP contribution in [0, 0.1) is 5.92 Å². The van der Waals surface area contributed by atoms with Crippen molar-refractivity contribution in [2.75, 3.05) is 10.6 Å². The van der Waals surface area contributed by atoms with Crippen LogP contribution in [0.4, 0.5) is 11.4 Å². The van der Waals surface area contributed by atoms with Crippen molar-refractivity contribution in [2.45, 2.75) is 33.7 Å². The Morgan fingerprint density at radius 1 is 1.16 bits per heavy atom. The number of nitrogens with one attached hydrogen (secondary N) is 2. The van der Waals surface area contributed by atoms with Crippen molar-refractivity contribution in [1.82, 2.24) is 0 Å². The molecule has 2 aliphatic rings. The van der Waals surface area contributed by atoms with E-state index >= 15 is 0 Å². The molecule has 0 aliphatic carbocycles. The number of hydrogen-bond acceptors (Lipinski definition) is 5. The summed E-state index contributed by atoms with van der Waals surface area (Å²) >= 11 is 1.56. The number of nitrogens with zero attached hydrogens (tertiary/aromatic N) is 2. The normalized spacial score (nSPS) is 20.6. The molecule has 2 heterocycles. The molecule has 6 nitrogen and oxygen atoms in total. The Balaban J connectivity index is 1.71. The van der Waals surface area contributed by atoms with Gasteiger partial charge in [-0.3, -0.25) is 9.59 Å². The van der Waals surface area contributed by atoms with Gasteiger partial charge in [-0.25, -0.2) is 4.99 Å². The highest BCUT2D eigenvalue weighted by atomic mass is 32.2. The number of amides is 2. The standard InChI is InChI=1S/C18H20N4O2S/c1-9-11(3)25-18-15(9)17(24)21-16(22-18)10(2)19-13-5-7-14(8-6-13)20-12(4)23/h5-8,10,15,19H,1-4H3,(H,20,23). The van der Waals surface area contributed by atoms with E-state index in [1.165, 1.54) is 6.92 Å². The SMILES string of the molecule is CC(=O)Nc1ccc(NC(C)C2=NC(=O)C3C(=N2)SC(C)=C3C)cc1. The lowest BCUT2D eigenvalue weighted by Crippen LogP contribution is -2.32. The molecule has 7 heteroatoms. The Bertz CT molecular complexity index is 824. The number of benzene rings is 1. The average molecular weight is 356 g/mol. The first-order valence-corrected chi connectivity index (χ1v) is 8.87. The summed E-state index contributed by atoms with van der Waals surface area (Å²) in [5.74, 6) is -0.0469. The van der Waals surface area contributed by atoms with Gasteiger partial charge in [-0.05, 0) is 55.5 Å². The molecule has 2 aliphatic heterocycles. The molecule has 0 saturated heterocycles. The second-order valence-corrected chi connectivity index (χ2v) is 7.39. The number of allylic oxidation sites excluding steroid dienone is 1. The molecule has 0 spiro atoms. The van der Waals surface area contributed by atoms with Crippen LogP contribution in [0.2, 0.25) is 0 Å². The van der Waals surface area contributed by atoms with Crippen molar-refractivity contribution in [1.29, 1.82) is 0 Å². The first-order chi connectivity index (χ1) is 11.8. The molecule has 2 N–H and O–H groups in total. The van der Waals surface area contributed by atoms with Crippen LogP contribution >= 0.6 is 11.8 Å². The molecule has 0 bridgehead atoms. The van der Waals surface area contributed by atoms with Crippen LogP contribution in [0.3, 0.4) is 0 Å². The highest BCUT2D eigenvalue weighted by molar-refractivity contribution is 8.17. The number of thioether (sulfide) groups is 1. The molecule has 2 amide bonds. The third-order valence-corrected chi connectivity index (χ3v) is 5.33. The molecule has 130 valence electrons. The second kappa shape index (κ2) is 6.84. The third kappa shape index (κ3) is 3.66. The first kappa shape index (κ1) is 17.4. The molecule has 25 heavy (non-hydrogen) atoms. The quantitative estimate of drug-likeness (QED) is 0.866. The van der Waals surface area contributed by atoms with E-state index in [0.29, 0.717) is 5.84 Å². The smallest absolute Gasteiger partial charge is 0.261 e. The largest absolute Gasteiger partial charge is 0.375 e. The van der Waals surface area contributed by atoms with Gasteiger partial charge in [0, 0.05) is 18.3 Å². The van der Waals surface area contributed by atoms with Crippen molar-refractivity contribution in [3.63, 3.8) is 0 Å². The maximum atomic E-state index is 12.4. The van der Waals surface area contributed by atoms with Gasteiger partial charge in [0.1, 0.15) is 5.92 Å². The molecule has 0 aromatic heterocycles. The fourth-order valence-electron chi connectivity index (χ4n) is 2.74. The molecule has 0 fully saturated rings. The van der Waals surface area contributed by atoms with Gasteiger partial charge in [0.15, 0.2) is 5.84 Å². The minimum Gasteiger partial charge on any atom is -0.375 e. The number of fused-ring (bicyclic) bond motifs is 1. The van der Waals surface area contributed by atoms with Crippen molar-refractivity contribution in [3.05, 3.63) is 34.7 Å². The lowest BCUT2D eigenvalue weighted by Gasteiger charge is -2.20. The monoisotopic (exact) mass is 356 g/mol. The van der Waals surface area contributed by atoms with Gasteiger partial charge in [-0.2, -0.15) is 4.99 Å². The molecule has 1 aromatic rings. The van der Waals surface area contributed by atoms with Crippen molar-refractivity contribution < 1.29 is 9.59 Å². The summed E-state index contributed by atoms with van der Waals surface area (Å²) < 4.78 is 0. The summed E-state index contributed by atoms with van der Waals surface area (Å²) in [6.07, 6.45) is 0. The van der Waals surface area contributed by atoms with Gasteiger partial charge in [0.25, 0.3) is 5.91 Å². The maximum Gasteiger partial charge on any atom is 0.261 e. The van der Waals surface area contributed by atoms with E-state index in [0.717, 1.165) is 26.9 Å². The molecular weight excluding hydrogens is 336 g/mol. The zero-order chi connectivity index (χ0) is 18.1. The van der Waals surface area contributed by atoms with Crippen LogP contribution < -0.4 is 10.6 Å². The zero-order valence-corrected chi connectivity index (χ0v) is 15.4. The van der Waals surface area contributed by atoms with E-state index in [-0.39, 0.29) is 23.8 Å². The Hall–Kier alpha value is -2.41. The van der Waals surface area contributed by atoms with Gasteiger partial charge in [0.2, 0.25) is 5.91 Å². The number of anilines is 2. The van der Waals surface area contributed by atoms with E-state index in [2.05, 4.69) is 20.6 Å². The molecule has 2 atom stereocenters. The van der Waals surface area contributed by atoms with E-state index in [9.17, 15) is 9.59 Å². The third-order valence-electron chi connectivity index (χ3n) is 4.17. The van der Waals surface area contributed by atoms with Crippen LogP contribution in [0.25, 0.3) is 0 Å². The predicted molar refractivity (Wildman–Crippen MR) is 103 cm³/mol. The van der Waals surface area contributed by atoms with Crippen molar-refractivity contribution in [2.24, 2.45) is 15.9 Å². The average Bonchev–Trinajstić information content (AvgIpc) is 2.83. The minimum absolute atomic E-state index is 0.109. The lowest BCUT2D eigenvalue weighted by atomic mass is 10.00. The lowest BCUT2D eigenvalue weighted by molar-refractivity contribution is -0.119. The molecule has 2 unspecified atom stereocenters. The van der Waals surface area contributed by atoms with E-state index in [4.69, 9.17) is 0 Å². The maximum absolute atomic E-state index is 12.4. The summed E-state index contributed by atoms with van der Waals surface area (Å²) in [4.78, 5) is 33.3. The highest BCUT2D eigenvalue weighted by Gasteiger charge is 2.37. The molecule has 0 radical (unpaired) electrons. The van der Waals surface area contributed by atoms with Gasteiger partial charge < -0.3 is 10.6 Å². The zero-order valence-electron chi connectivity index (χ0n) is 14.6.